The van der Waals surface area contributed by atoms with Crippen LogP contribution in [0.4, 0.5) is 0 Å². The van der Waals surface area contributed by atoms with E-state index in [2.05, 4.69) is 28.2 Å². The Hall–Kier alpha value is -0.960. The molecule has 3 nitrogen and oxygen atoms in total. The molecule has 11 heavy (non-hydrogen) atoms. The van der Waals surface area contributed by atoms with Crippen molar-refractivity contribution in [3.8, 4) is 0 Å². The van der Waals surface area contributed by atoms with E-state index in [1.54, 1.807) is 6.20 Å². The molecule has 2 rings (SSSR count). The molecule has 0 atom stereocenters. The van der Waals surface area contributed by atoms with E-state index in [-0.39, 0.29) is 0 Å². The third kappa shape index (κ3) is 1.24. The van der Waals surface area contributed by atoms with Gasteiger partial charge in [0.25, 0.3) is 0 Å². The molecule has 0 bridgehead atoms. The number of rotatable bonds is 0. The van der Waals surface area contributed by atoms with Gasteiger partial charge in [-0.15, -0.1) is 0 Å². The maximum absolute atomic E-state index is 4.08. The van der Waals surface area contributed by atoms with Crippen molar-refractivity contribution in [3.63, 3.8) is 0 Å². The maximum Gasteiger partial charge on any atom is 0.0688 e. The first kappa shape index (κ1) is 6.73. The summed E-state index contributed by atoms with van der Waals surface area (Å²) in [5, 5.41) is 7.93. The van der Waals surface area contributed by atoms with Crippen molar-refractivity contribution in [2.75, 3.05) is 13.6 Å². The second-order valence-corrected chi connectivity index (χ2v) is 2.99. The van der Waals surface area contributed by atoms with E-state index in [1.807, 2.05) is 0 Å². The Morgan fingerprint density at radius 3 is 3.36 bits per heavy atom. The first-order valence-corrected chi connectivity index (χ1v) is 3.84. The highest BCUT2D eigenvalue weighted by atomic mass is 15.1. The second kappa shape index (κ2) is 2.58. The van der Waals surface area contributed by atoms with Gasteiger partial charge in [-0.3, -0.25) is 0 Å². The van der Waals surface area contributed by atoms with Crippen LogP contribution in [0, 0.1) is 0 Å². The van der Waals surface area contributed by atoms with Crippen molar-refractivity contribution in [2.45, 2.75) is 13.0 Å². The van der Waals surface area contributed by atoms with Crippen LogP contribution in [-0.4, -0.2) is 28.7 Å². The zero-order chi connectivity index (χ0) is 7.68. The van der Waals surface area contributed by atoms with Gasteiger partial charge >= 0.3 is 0 Å². The van der Waals surface area contributed by atoms with Gasteiger partial charge in [0.2, 0.25) is 0 Å². The molecule has 0 N–H and O–H groups in total. The van der Waals surface area contributed by atoms with Gasteiger partial charge in [0, 0.05) is 25.7 Å². The van der Waals surface area contributed by atoms with Gasteiger partial charge in [-0.05, 0) is 18.7 Å². The van der Waals surface area contributed by atoms with Crippen molar-refractivity contribution in [1.29, 1.82) is 0 Å². The normalized spacial score (nSPS) is 17.9. The fraction of sp³-hybridized carbons (Fsp3) is 0.500. The molecule has 1 aromatic heterocycles. The molecule has 0 aliphatic carbocycles. The predicted molar refractivity (Wildman–Crippen MR) is 42.1 cm³/mol. The number of hydrogen-bond acceptors (Lipinski definition) is 3. The Labute approximate surface area is 66.1 Å². The van der Waals surface area contributed by atoms with Gasteiger partial charge in [-0.25, -0.2) is 0 Å². The van der Waals surface area contributed by atoms with E-state index in [0.29, 0.717) is 0 Å². The smallest absolute Gasteiger partial charge is 0.0688 e. The third-order valence-corrected chi connectivity index (χ3v) is 2.06. The molecule has 0 radical (unpaired) electrons. The molecule has 0 saturated heterocycles. The lowest BCUT2D eigenvalue weighted by Gasteiger charge is -2.22. The minimum Gasteiger partial charge on any atom is -0.302 e. The summed E-state index contributed by atoms with van der Waals surface area (Å²) in [6.07, 6.45) is 2.80. The van der Waals surface area contributed by atoms with Crippen molar-refractivity contribution in [1.82, 2.24) is 15.1 Å². The standard InChI is InChI=1S/C8H11N3/c1-11-5-3-8-7(6-11)2-4-9-10-8/h2,4H,3,5-6H2,1H3. The summed E-state index contributed by atoms with van der Waals surface area (Å²) in [7, 11) is 2.13. The summed E-state index contributed by atoms with van der Waals surface area (Å²) >= 11 is 0. The Balaban J connectivity index is 2.34. The molecule has 58 valence electrons. The fourth-order valence-corrected chi connectivity index (χ4v) is 1.41. The highest BCUT2D eigenvalue weighted by Crippen LogP contribution is 2.13. The molecule has 2 heterocycles. The lowest BCUT2D eigenvalue weighted by molar-refractivity contribution is 0.308. The molecule has 0 saturated carbocycles. The molecule has 1 aliphatic heterocycles. The van der Waals surface area contributed by atoms with Gasteiger partial charge in [0.05, 0.1) is 5.69 Å². The van der Waals surface area contributed by atoms with Crippen LogP contribution in [0.2, 0.25) is 0 Å². The van der Waals surface area contributed by atoms with Crippen LogP contribution < -0.4 is 0 Å². The Kier molecular flexibility index (Phi) is 1.58. The largest absolute Gasteiger partial charge is 0.302 e. The van der Waals surface area contributed by atoms with Crippen molar-refractivity contribution < 1.29 is 0 Å². The monoisotopic (exact) mass is 149 g/mol. The van der Waals surface area contributed by atoms with Crippen molar-refractivity contribution >= 4 is 0 Å². The summed E-state index contributed by atoms with van der Waals surface area (Å²) in [6, 6.07) is 2.05. The lowest BCUT2D eigenvalue weighted by atomic mass is 10.1. The molecule has 0 amide bonds. The van der Waals surface area contributed by atoms with Crippen LogP contribution in [0.25, 0.3) is 0 Å². The Morgan fingerprint density at radius 2 is 2.45 bits per heavy atom. The van der Waals surface area contributed by atoms with E-state index in [0.717, 1.165) is 19.5 Å². The van der Waals surface area contributed by atoms with Crippen LogP contribution in [0.15, 0.2) is 12.3 Å². The Morgan fingerprint density at radius 1 is 1.55 bits per heavy atom. The molecule has 1 aromatic rings. The molecule has 0 aromatic carbocycles. The van der Waals surface area contributed by atoms with E-state index in [1.165, 1.54) is 11.3 Å². The summed E-state index contributed by atoms with van der Waals surface area (Å²) in [5.41, 5.74) is 2.50. The highest BCUT2D eigenvalue weighted by Gasteiger charge is 2.12. The van der Waals surface area contributed by atoms with Crippen molar-refractivity contribution in [2.24, 2.45) is 0 Å². The number of aromatic nitrogens is 2. The average Bonchev–Trinajstić information content (AvgIpc) is 2.04. The van der Waals surface area contributed by atoms with Crippen LogP contribution in [-0.2, 0) is 13.0 Å². The molecular formula is C8H11N3. The molecule has 3 heteroatoms. The topological polar surface area (TPSA) is 29.0 Å². The summed E-state index contributed by atoms with van der Waals surface area (Å²) < 4.78 is 0. The summed E-state index contributed by atoms with van der Waals surface area (Å²) in [5.74, 6) is 0. The van der Waals surface area contributed by atoms with E-state index in [4.69, 9.17) is 0 Å². The molecule has 1 aliphatic rings. The van der Waals surface area contributed by atoms with Crippen LogP contribution in [0.5, 0.6) is 0 Å². The first-order valence-electron chi connectivity index (χ1n) is 3.84. The van der Waals surface area contributed by atoms with Gasteiger partial charge < -0.3 is 4.90 Å². The number of hydrogen-bond donors (Lipinski definition) is 0. The van der Waals surface area contributed by atoms with E-state index >= 15 is 0 Å². The first-order chi connectivity index (χ1) is 5.36. The minimum atomic E-state index is 1.02. The SMILES string of the molecule is CN1CCc2nnccc2C1. The molecule has 0 fully saturated rings. The third-order valence-electron chi connectivity index (χ3n) is 2.06. The summed E-state index contributed by atoms with van der Waals surface area (Å²) in [4.78, 5) is 2.30. The molecular weight excluding hydrogens is 138 g/mol. The lowest BCUT2D eigenvalue weighted by Crippen LogP contribution is -2.27. The van der Waals surface area contributed by atoms with Gasteiger partial charge in [0.1, 0.15) is 0 Å². The van der Waals surface area contributed by atoms with E-state index in [9.17, 15) is 0 Å². The second-order valence-electron chi connectivity index (χ2n) is 2.99. The zero-order valence-electron chi connectivity index (χ0n) is 6.62. The fourth-order valence-electron chi connectivity index (χ4n) is 1.41. The Bertz CT molecular complexity index is 259. The molecule has 0 spiro atoms. The van der Waals surface area contributed by atoms with Gasteiger partial charge in [-0.1, -0.05) is 0 Å². The zero-order valence-corrected chi connectivity index (χ0v) is 6.62. The predicted octanol–water partition coefficient (Wildman–Crippen LogP) is 0.464. The number of nitrogens with zero attached hydrogens (tertiary/aromatic N) is 3. The summed E-state index contributed by atoms with van der Waals surface area (Å²) in [6.45, 7) is 2.12. The number of likely N-dealkylation sites (N-methyl/N-ethyl adjacent to an activating group) is 1. The number of fused-ring (bicyclic) bond motifs is 1. The average molecular weight is 149 g/mol. The maximum atomic E-state index is 4.08. The molecule has 0 unspecified atom stereocenters. The quantitative estimate of drug-likeness (QED) is 0.536. The highest BCUT2D eigenvalue weighted by molar-refractivity contribution is 5.19. The van der Waals surface area contributed by atoms with Gasteiger partial charge in [0.15, 0.2) is 0 Å². The van der Waals surface area contributed by atoms with Crippen molar-refractivity contribution in [3.05, 3.63) is 23.5 Å². The van der Waals surface area contributed by atoms with E-state index < -0.39 is 0 Å². The van der Waals surface area contributed by atoms with Crippen LogP contribution >= 0.6 is 0 Å². The van der Waals surface area contributed by atoms with Crippen LogP contribution in [0.1, 0.15) is 11.3 Å². The minimum absolute atomic E-state index is 1.02. The van der Waals surface area contributed by atoms with Crippen LogP contribution in [0.3, 0.4) is 0 Å². The van der Waals surface area contributed by atoms with Gasteiger partial charge in [-0.2, -0.15) is 10.2 Å².